The highest BCUT2D eigenvalue weighted by Crippen LogP contribution is 2.25. The Balaban J connectivity index is 2.33. The van der Waals surface area contributed by atoms with Crippen molar-refractivity contribution in [1.82, 2.24) is 10.2 Å². The standard InChI is InChI=1S/C13H15BrFN3O3/c1-17-12(19)11-6-21-3-2-18(11)13(20)7-4-10(16)9(15)5-8(7)14/h4-5,11H,2-3,6,16H2,1H3,(H,17,19). The number of carbonyl (C=O) groups is 2. The van der Waals surface area contributed by atoms with Gasteiger partial charge in [-0.15, -0.1) is 0 Å². The summed E-state index contributed by atoms with van der Waals surface area (Å²) in [5, 5.41) is 2.50. The third-order valence-electron chi connectivity index (χ3n) is 3.26. The van der Waals surface area contributed by atoms with Crippen molar-refractivity contribution < 1.29 is 18.7 Å². The van der Waals surface area contributed by atoms with E-state index in [1.165, 1.54) is 18.0 Å². The Morgan fingerprint density at radius 2 is 2.24 bits per heavy atom. The minimum Gasteiger partial charge on any atom is -0.396 e. The van der Waals surface area contributed by atoms with E-state index in [4.69, 9.17) is 10.5 Å². The fourth-order valence-electron chi connectivity index (χ4n) is 2.11. The summed E-state index contributed by atoms with van der Waals surface area (Å²) in [6, 6.07) is 1.69. The highest BCUT2D eigenvalue weighted by molar-refractivity contribution is 9.10. The maximum Gasteiger partial charge on any atom is 0.255 e. The van der Waals surface area contributed by atoms with Gasteiger partial charge in [-0.05, 0) is 28.1 Å². The average molecular weight is 360 g/mol. The second kappa shape index (κ2) is 6.40. The van der Waals surface area contributed by atoms with Gasteiger partial charge in [-0.3, -0.25) is 9.59 Å². The van der Waals surface area contributed by atoms with Crippen LogP contribution in [0, 0.1) is 5.82 Å². The van der Waals surface area contributed by atoms with Gasteiger partial charge in [-0.1, -0.05) is 0 Å². The lowest BCUT2D eigenvalue weighted by Gasteiger charge is -2.34. The molecule has 0 aromatic heterocycles. The van der Waals surface area contributed by atoms with Gasteiger partial charge in [0.2, 0.25) is 5.91 Å². The Hall–Kier alpha value is -1.67. The average Bonchev–Trinajstić information content (AvgIpc) is 2.49. The number of halogens is 2. The number of morpholine rings is 1. The van der Waals surface area contributed by atoms with E-state index in [0.717, 1.165) is 6.07 Å². The molecule has 1 aliphatic heterocycles. The van der Waals surface area contributed by atoms with Crippen LogP contribution in [0.25, 0.3) is 0 Å². The summed E-state index contributed by atoms with van der Waals surface area (Å²) in [6.07, 6.45) is 0. The Bertz CT molecular complexity index is 582. The van der Waals surface area contributed by atoms with Gasteiger partial charge in [0.1, 0.15) is 11.9 Å². The first-order valence-corrected chi connectivity index (χ1v) is 7.09. The first kappa shape index (κ1) is 15.7. The molecule has 1 aliphatic rings. The van der Waals surface area contributed by atoms with Gasteiger partial charge in [-0.2, -0.15) is 0 Å². The monoisotopic (exact) mass is 359 g/mol. The molecule has 1 atom stereocenters. The van der Waals surface area contributed by atoms with Crippen LogP contribution < -0.4 is 11.1 Å². The van der Waals surface area contributed by atoms with E-state index >= 15 is 0 Å². The summed E-state index contributed by atoms with van der Waals surface area (Å²) in [7, 11) is 1.49. The number of nitrogen functional groups attached to an aromatic ring is 1. The van der Waals surface area contributed by atoms with E-state index in [1.54, 1.807) is 0 Å². The Kier molecular flexibility index (Phi) is 4.79. The van der Waals surface area contributed by atoms with E-state index < -0.39 is 17.8 Å². The number of benzene rings is 1. The van der Waals surface area contributed by atoms with Crippen LogP contribution >= 0.6 is 15.9 Å². The first-order valence-electron chi connectivity index (χ1n) is 6.30. The molecule has 0 saturated carbocycles. The number of nitrogens with zero attached hydrogens (tertiary/aromatic N) is 1. The maximum atomic E-state index is 13.4. The molecule has 0 spiro atoms. The molecule has 2 amide bonds. The molecule has 1 fully saturated rings. The van der Waals surface area contributed by atoms with Gasteiger partial charge in [0.15, 0.2) is 0 Å². The zero-order chi connectivity index (χ0) is 15.6. The molecule has 1 saturated heterocycles. The molecule has 3 N–H and O–H groups in total. The van der Waals surface area contributed by atoms with E-state index in [1.807, 2.05) is 0 Å². The lowest BCUT2D eigenvalue weighted by atomic mass is 10.1. The highest BCUT2D eigenvalue weighted by Gasteiger charge is 2.33. The van der Waals surface area contributed by atoms with E-state index in [2.05, 4.69) is 21.2 Å². The predicted molar refractivity (Wildman–Crippen MR) is 78.2 cm³/mol. The zero-order valence-electron chi connectivity index (χ0n) is 11.4. The van der Waals surface area contributed by atoms with Crippen molar-refractivity contribution in [2.75, 3.05) is 32.5 Å². The van der Waals surface area contributed by atoms with Crippen LogP contribution in [-0.2, 0) is 9.53 Å². The number of ether oxygens (including phenoxy) is 1. The lowest BCUT2D eigenvalue weighted by Crippen LogP contribution is -2.55. The summed E-state index contributed by atoms with van der Waals surface area (Å²) < 4.78 is 18.9. The predicted octanol–water partition coefficient (Wildman–Crippen LogP) is 0.757. The second-order valence-electron chi connectivity index (χ2n) is 4.56. The van der Waals surface area contributed by atoms with Crippen molar-refractivity contribution in [1.29, 1.82) is 0 Å². The van der Waals surface area contributed by atoms with Gasteiger partial charge < -0.3 is 20.7 Å². The number of hydrogen-bond acceptors (Lipinski definition) is 4. The Morgan fingerprint density at radius 1 is 1.52 bits per heavy atom. The number of likely N-dealkylation sites (N-methyl/N-ethyl adjacent to an activating group) is 1. The molecule has 0 aliphatic carbocycles. The van der Waals surface area contributed by atoms with Crippen LogP contribution in [0.15, 0.2) is 16.6 Å². The van der Waals surface area contributed by atoms with Crippen LogP contribution in [0.1, 0.15) is 10.4 Å². The zero-order valence-corrected chi connectivity index (χ0v) is 12.9. The van der Waals surface area contributed by atoms with Crippen molar-refractivity contribution in [3.63, 3.8) is 0 Å². The molecule has 21 heavy (non-hydrogen) atoms. The Morgan fingerprint density at radius 3 is 2.90 bits per heavy atom. The van der Waals surface area contributed by atoms with Crippen LogP contribution in [-0.4, -0.2) is 49.6 Å². The molecule has 1 aromatic carbocycles. The maximum absolute atomic E-state index is 13.4. The van der Waals surface area contributed by atoms with Crippen LogP contribution in [0.4, 0.5) is 10.1 Å². The van der Waals surface area contributed by atoms with Crippen molar-refractivity contribution in [3.05, 3.63) is 28.0 Å². The third kappa shape index (κ3) is 3.16. The third-order valence-corrected chi connectivity index (χ3v) is 3.91. The number of carbonyl (C=O) groups excluding carboxylic acids is 2. The molecule has 1 aromatic rings. The lowest BCUT2D eigenvalue weighted by molar-refractivity contribution is -0.130. The molecule has 0 radical (unpaired) electrons. The minimum atomic E-state index is -0.713. The first-order chi connectivity index (χ1) is 9.95. The van der Waals surface area contributed by atoms with Crippen molar-refractivity contribution in [3.8, 4) is 0 Å². The number of amides is 2. The molecule has 2 rings (SSSR count). The molecule has 1 heterocycles. The fraction of sp³-hybridized carbons (Fsp3) is 0.385. The van der Waals surface area contributed by atoms with Crippen LogP contribution in [0.3, 0.4) is 0 Å². The molecule has 8 heteroatoms. The van der Waals surface area contributed by atoms with E-state index in [9.17, 15) is 14.0 Å². The fourth-order valence-corrected chi connectivity index (χ4v) is 2.60. The summed E-state index contributed by atoms with van der Waals surface area (Å²) in [4.78, 5) is 25.8. The summed E-state index contributed by atoms with van der Waals surface area (Å²) >= 11 is 3.15. The summed E-state index contributed by atoms with van der Waals surface area (Å²) in [5.41, 5.74) is 5.60. The number of nitrogens with one attached hydrogen (secondary N) is 1. The van der Waals surface area contributed by atoms with Crippen molar-refractivity contribution in [2.45, 2.75) is 6.04 Å². The van der Waals surface area contributed by atoms with Crippen molar-refractivity contribution >= 4 is 33.4 Å². The molecule has 1 unspecified atom stereocenters. The topological polar surface area (TPSA) is 84.7 Å². The number of anilines is 1. The normalized spacial score (nSPS) is 18.4. The largest absolute Gasteiger partial charge is 0.396 e. The molecular weight excluding hydrogens is 345 g/mol. The smallest absolute Gasteiger partial charge is 0.255 e. The summed E-state index contributed by atoms with van der Waals surface area (Å²) in [5.74, 6) is -1.32. The van der Waals surface area contributed by atoms with Crippen molar-refractivity contribution in [2.24, 2.45) is 0 Å². The quantitative estimate of drug-likeness (QED) is 0.763. The number of nitrogens with two attached hydrogens (primary N) is 1. The summed E-state index contributed by atoms with van der Waals surface area (Å²) in [6.45, 7) is 0.744. The number of rotatable bonds is 2. The van der Waals surface area contributed by atoms with E-state index in [0.29, 0.717) is 11.1 Å². The SMILES string of the molecule is CNC(=O)C1COCCN1C(=O)c1cc(N)c(F)cc1Br. The van der Waals surface area contributed by atoms with Gasteiger partial charge in [-0.25, -0.2) is 4.39 Å². The van der Waals surface area contributed by atoms with E-state index in [-0.39, 0.29) is 30.3 Å². The molecular formula is C13H15BrFN3O3. The molecule has 6 nitrogen and oxygen atoms in total. The van der Waals surface area contributed by atoms with Gasteiger partial charge in [0.25, 0.3) is 5.91 Å². The molecule has 0 bridgehead atoms. The highest BCUT2D eigenvalue weighted by atomic mass is 79.9. The Labute approximate surface area is 129 Å². The van der Waals surface area contributed by atoms with Gasteiger partial charge in [0.05, 0.1) is 24.5 Å². The number of hydrogen-bond donors (Lipinski definition) is 2. The van der Waals surface area contributed by atoms with Crippen LogP contribution in [0.2, 0.25) is 0 Å². The molecule has 114 valence electrons. The van der Waals surface area contributed by atoms with Gasteiger partial charge >= 0.3 is 0 Å². The minimum absolute atomic E-state index is 0.119. The second-order valence-corrected chi connectivity index (χ2v) is 5.41. The van der Waals surface area contributed by atoms with Crippen LogP contribution in [0.5, 0.6) is 0 Å². The van der Waals surface area contributed by atoms with Gasteiger partial charge in [0, 0.05) is 18.1 Å².